The van der Waals surface area contributed by atoms with Crippen molar-refractivity contribution in [3.8, 4) is 0 Å². The van der Waals surface area contributed by atoms with Crippen LogP contribution in [0.2, 0.25) is 0 Å². The van der Waals surface area contributed by atoms with Crippen LogP contribution in [0, 0.1) is 0 Å². The molecule has 2 aliphatic rings. The Balaban J connectivity index is 1.80. The van der Waals surface area contributed by atoms with Crippen molar-refractivity contribution in [2.75, 3.05) is 19.8 Å². The molecule has 0 spiro atoms. The monoisotopic (exact) mass is 267 g/mol. The molecule has 0 aromatic carbocycles. The normalized spacial score (nSPS) is 26.3. The van der Waals surface area contributed by atoms with E-state index in [1.54, 1.807) is 11.3 Å². The topological polar surface area (TPSA) is 48.4 Å². The van der Waals surface area contributed by atoms with E-state index in [4.69, 9.17) is 14.5 Å². The molecule has 2 unspecified atom stereocenters. The number of nitrogens with zero attached hydrogens (tertiary/aromatic N) is 1. The first-order valence-corrected chi connectivity index (χ1v) is 7.35. The molecular formula is C13H17NO3S. The SMILES string of the molecule is CCOC(=O)C1CCc2sc(C3CCOC3)nc21. The first kappa shape index (κ1) is 12.1. The Morgan fingerprint density at radius 2 is 2.44 bits per heavy atom. The molecule has 0 bridgehead atoms. The molecule has 0 radical (unpaired) electrons. The van der Waals surface area contributed by atoms with E-state index in [1.807, 2.05) is 6.92 Å². The zero-order valence-electron chi connectivity index (χ0n) is 10.5. The summed E-state index contributed by atoms with van der Waals surface area (Å²) in [5.74, 6) is 0.187. The number of rotatable bonds is 3. The van der Waals surface area contributed by atoms with Gasteiger partial charge in [-0.2, -0.15) is 0 Å². The molecule has 2 atom stereocenters. The van der Waals surface area contributed by atoms with Crippen LogP contribution < -0.4 is 0 Å². The van der Waals surface area contributed by atoms with Gasteiger partial charge in [0.2, 0.25) is 0 Å². The van der Waals surface area contributed by atoms with Crippen molar-refractivity contribution >= 4 is 17.3 Å². The standard InChI is InChI=1S/C13H17NO3S/c1-2-17-13(15)9-3-4-10-11(9)14-12(18-10)8-5-6-16-7-8/h8-9H,2-7H2,1H3. The van der Waals surface area contributed by atoms with Gasteiger partial charge in [-0.05, 0) is 26.2 Å². The van der Waals surface area contributed by atoms with Crippen molar-refractivity contribution in [1.82, 2.24) is 4.98 Å². The van der Waals surface area contributed by atoms with Gasteiger partial charge >= 0.3 is 5.97 Å². The highest BCUT2D eigenvalue weighted by Crippen LogP contribution is 2.40. The lowest BCUT2D eigenvalue weighted by Crippen LogP contribution is -2.14. The van der Waals surface area contributed by atoms with Gasteiger partial charge in [0.15, 0.2) is 0 Å². The summed E-state index contributed by atoms with van der Waals surface area (Å²) < 4.78 is 10.5. The number of fused-ring (bicyclic) bond motifs is 1. The van der Waals surface area contributed by atoms with Gasteiger partial charge in [-0.1, -0.05) is 0 Å². The Hall–Kier alpha value is -0.940. The van der Waals surface area contributed by atoms with Crippen LogP contribution in [0.3, 0.4) is 0 Å². The van der Waals surface area contributed by atoms with Gasteiger partial charge < -0.3 is 9.47 Å². The van der Waals surface area contributed by atoms with E-state index in [0.717, 1.165) is 43.2 Å². The van der Waals surface area contributed by atoms with Crippen molar-refractivity contribution in [1.29, 1.82) is 0 Å². The number of thiazole rings is 1. The maximum absolute atomic E-state index is 11.9. The van der Waals surface area contributed by atoms with Crippen LogP contribution in [0.5, 0.6) is 0 Å². The minimum atomic E-state index is -0.132. The van der Waals surface area contributed by atoms with E-state index in [2.05, 4.69) is 0 Å². The highest BCUT2D eigenvalue weighted by Gasteiger charge is 2.35. The molecule has 3 rings (SSSR count). The molecule has 0 saturated carbocycles. The van der Waals surface area contributed by atoms with Gasteiger partial charge in [-0.15, -0.1) is 11.3 Å². The van der Waals surface area contributed by atoms with Crippen molar-refractivity contribution < 1.29 is 14.3 Å². The zero-order valence-corrected chi connectivity index (χ0v) is 11.3. The lowest BCUT2D eigenvalue weighted by Gasteiger charge is -2.08. The Morgan fingerprint density at radius 3 is 3.17 bits per heavy atom. The van der Waals surface area contributed by atoms with Crippen LogP contribution in [0.4, 0.5) is 0 Å². The lowest BCUT2D eigenvalue weighted by molar-refractivity contribution is -0.145. The van der Waals surface area contributed by atoms with E-state index in [1.165, 1.54) is 4.88 Å². The van der Waals surface area contributed by atoms with Crippen molar-refractivity contribution in [3.05, 3.63) is 15.6 Å². The number of carbonyl (C=O) groups excluding carboxylic acids is 1. The third-order valence-corrected chi connectivity index (χ3v) is 4.88. The predicted molar refractivity (Wildman–Crippen MR) is 68.0 cm³/mol. The third-order valence-electron chi connectivity index (χ3n) is 3.58. The third kappa shape index (κ3) is 2.06. The van der Waals surface area contributed by atoms with E-state index in [9.17, 15) is 4.79 Å². The van der Waals surface area contributed by atoms with Crippen molar-refractivity contribution in [2.24, 2.45) is 0 Å². The minimum absolute atomic E-state index is 0.115. The van der Waals surface area contributed by atoms with E-state index in [-0.39, 0.29) is 11.9 Å². The number of hydrogen-bond donors (Lipinski definition) is 0. The molecule has 2 heterocycles. The molecule has 5 heteroatoms. The number of esters is 1. The minimum Gasteiger partial charge on any atom is -0.465 e. The van der Waals surface area contributed by atoms with Crippen LogP contribution in [0.1, 0.15) is 47.2 Å². The zero-order chi connectivity index (χ0) is 12.5. The summed E-state index contributed by atoms with van der Waals surface area (Å²) in [6, 6.07) is 0. The average Bonchev–Trinajstić information content (AvgIpc) is 3.04. The quantitative estimate of drug-likeness (QED) is 0.788. The number of hydrogen-bond acceptors (Lipinski definition) is 5. The summed E-state index contributed by atoms with van der Waals surface area (Å²) in [7, 11) is 0. The van der Waals surface area contributed by atoms with E-state index in [0.29, 0.717) is 12.5 Å². The van der Waals surface area contributed by atoms with Gasteiger partial charge in [0, 0.05) is 17.4 Å². The summed E-state index contributed by atoms with van der Waals surface area (Å²) in [5, 5.41) is 1.14. The molecule has 1 saturated heterocycles. The molecule has 98 valence electrons. The smallest absolute Gasteiger partial charge is 0.315 e. The summed E-state index contributed by atoms with van der Waals surface area (Å²) in [5.41, 5.74) is 0.973. The van der Waals surface area contributed by atoms with Crippen molar-refractivity contribution in [3.63, 3.8) is 0 Å². The van der Waals surface area contributed by atoms with Gasteiger partial charge in [0.25, 0.3) is 0 Å². The lowest BCUT2D eigenvalue weighted by atomic mass is 10.1. The molecule has 0 N–H and O–H groups in total. The molecule has 1 aromatic heterocycles. The fraction of sp³-hybridized carbons (Fsp3) is 0.692. The molecule has 1 aliphatic heterocycles. The van der Waals surface area contributed by atoms with Gasteiger partial charge in [-0.25, -0.2) is 4.98 Å². The fourth-order valence-electron chi connectivity index (χ4n) is 2.62. The average molecular weight is 267 g/mol. The molecule has 18 heavy (non-hydrogen) atoms. The summed E-state index contributed by atoms with van der Waals surface area (Å²) in [4.78, 5) is 17.8. The Labute approximate surface area is 110 Å². The molecule has 1 fully saturated rings. The first-order valence-electron chi connectivity index (χ1n) is 6.53. The highest BCUT2D eigenvalue weighted by atomic mass is 32.1. The second kappa shape index (κ2) is 4.97. The number of carbonyl (C=O) groups is 1. The molecule has 1 aliphatic carbocycles. The maximum Gasteiger partial charge on any atom is 0.315 e. The van der Waals surface area contributed by atoms with Gasteiger partial charge in [0.1, 0.15) is 5.92 Å². The largest absolute Gasteiger partial charge is 0.465 e. The van der Waals surface area contributed by atoms with Crippen LogP contribution in [-0.4, -0.2) is 30.8 Å². The van der Waals surface area contributed by atoms with Crippen LogP contribution in [-0.2, 0) is 20.7 Å². The molecular weight excluding hydrogens is 250 g/mol. The molecule has 0 amide bonds. The molecule has 4 nitrogen and oxygen atoms in total. The predicted octanol–water partition coefficient (Wildman–Crippen LogP) is 2.24. The number of aromatic nitrogens is 1. The van der Waals surface area contributed by atoms with E-state index < -0.39 is 0 Å². The van der Waals surface area contributed by atoms with Crippen LogP contribution in [0.15, 0.2) is 0 Å². The maximum atomic E-state index is 11.9. The van der Waals surface area contributed by atoms with Gasteiger partial charge in [0.05, 0.1) is 23.9 Å². The number of aryl methyl sites for hydroxylation is 1. The molecule has 1 aromatic rings. The summed E-state index contributed by atoms with van der Waals surface area (Å²) in [6.07, 6.45) is 2.87. The Bertz CT molecular complexity index is 451. The van der Waals surface area contributed by atoms with E-state index >= 15 is 0 Å². The fourth-order valence-corrected chi connectivity index (χ4v) is 3.88. The first-order chi connectivity index (χ1) is 8.79. The van der Waals surface area contributed by atoms with Crippen molar-refractivity contribution in [2.45, 2.75) is 38.0 Å². The Morgan fingerprint density at radius 1 is 1.56 bits per heavy atom. The summed E-state index contributed by atoms with van der Waals surface area (Å²) >= 11 is 1.76. The summed E-state index contributed by atoms with van der Waals surface area (Å²) in [6.45, 7) is 3.89. The highest BCUT2D eigenvalue weighted by molar-refractivity contribution is 7.11. The Kier molecular flexibility index (Phi) is 3.35. The second-order valence-corrected chi connectivity index (χ2v) is 5.88. The van der Waals surface area contributed by atoms with Crippen LogP contribution in [0.25, 0.3) is 0 Å². The second-order valence-electron chi connectivity index (χ2n) is 4.76. The van der Waals surface area contributed by atoms with Gasteiger partial charge in [-0.3, -0.25) is 4.79 Å². The van der Waals surface area contributed by atoms with Crippen LogP contribution >= 0.6 is 11.3 Å². The number of ether oxygens (including phenoxy) is 2.